The van der Waals surface area contributed by atoms with Crippen molar-refractivity contribution in [3.63, 3.8) is 0 Å². The second kappa shape index (κ2) is 16.0. The Bertz CT molecular complexity index is 1400. The van der Waals surface area contributed by atoms with Crippen LogP contribution in [0.2, 0.25) is 0 Å². The Hall–Kier alpha value is -4.02. The van der Waals surface area contributed by atoms with Crippen LogP contribution in [-0.2, 0) is 20.7 Å². The van der Waals surface area contributed by atoms with Crippen LogP contribution in [0.5, 0.6) is 0 Å². The van der Waals surface area contributed by atoms with Crippen molar-refractivity contribution in [3.05, 3.63) is 81.3 Å². The van der Waals surface area contributed by atoms with Gasteiger partial charge in [-0.05, 0) is 81.9 Å². The molecule has 9 nitrogen and oxygen atoms in total. The van der Waals surface area contributed by atoms with Gasteiger partial charge in [-0.1, -0.05) is 36.4 Å². The number of hydrogen-bond donors (Lipinski definition) is 2. The van der Waals surface area contributed by atoms with Gasteiger partial charge in [-0.3, -0.25) is 14.4 Å². The van der Waals surface area contributed by atoms with E-state index in [9.17, 15) is 9.59 Å². The minimum Gasteiger partial charge on any atom is -0.483 e. The molecule has 0 aliphatic carbocycles. The van der Waals surface area contributed by atoms with E-state index in [1.165, 1.54) is 33.7 Å². The predicted molar refractivity (Wildman–Crippen MR) is 173 cm³/mol. The van der Waals surface area contributed by atoms with E-state index in [0.29, 0.717) is 12.5 Å². The first-order chi connectivity index (χ1) is 20.6. The molecule has 2 amide bonds. The first-order valence-electron chi connectivity index (χ1n) is 14.3. The molecular weight excluding hydrogens is 564 g/mol. The lowest BCUT2D eigenvalue weighted by Gasteiger charge is -2.39. The number of allylic oxidation sites excluding steroid dienone is 1. The Labute approximate surface area is 258 Å². The Morgan fingerprint density at radius 2 is 1.77 bits per heavy atom. The molecule has 1 fully saturated rings. The Morgan fingerprint density at radius 3 is 2.33 bits per heavy atom. The van der Waals surface area contributed by atoms with Crippen LogP contribution in [0.1, 0.15) is 69.8 Å². The molecule has 1 unspecified atom stereocenters. The van der Waals surface area contributed by atoms with Crippen LogP contribution in [0.25, 0.3) is 5.57 Å². The van der Waals surface area contributed by atoms with Gasteiger partial charge < -0.3 is 25.0 Å². The number of nitrogens with one attached hydrogen (secondary N) is 1. The number of methoxy groups -OCH3 is 1. The Kier molecular flexibility index (Phi) is 12.5. The number of benzene rings is 2. The van der Waals surface area contributed by atoms with Crippen LogP contribution >= 0.6 is 11.3 Å². The van der Waals surface area contributed by atoms with Crippen LogP contribution in [-0.4, -0.2) is 66.6 Å². The molecule has 3 aromatic rings. The molecule has 1 aromatic heterocycles. The van der Waals surface area contributed by atoms with Crippen molar-refractivity contribution in [2.24, 2.45) is 0 Å². The topological polar surface area (TPSA) is 112 Å². The van der Waals surface area contributed by atoms with E-state index < -0.39 is 0 Å². The smallest absolute Gasteiger partial charge is 0.290 e. The minimum absolute atomic E-state index is 0.0486. The maximum Gasteiger partial charge on any atom is 0.290 e. The highest BCUT2D eigenvalue weighted by atomic mass is 32.1. The molecule has 10 heteroatoms. The van der Waals surface area contributed by atoms with Crippen molar-refractivity contribution in [1.29, 1.82) is 0 Å². The number of carbonyl (C=O) groups excluding carboxylic acids is 2. The third-order valence-electron chi connectivity index (χ3n) is 7.72. The van der Waals surface area contributed by atoms with E-state index in [0.717, 1.165) is 65.7 Å². The van der Waals surface area contributed by atoms with E-state index in [2.05, 4.69) is 46.9 Å². The normalized spacial score (nSPS) is 16.1. The zero-order chi connectivity index (χ0) is 31.5. The summed E-state index contributed by atoms with van der Waals surface area (Å²) in [6.07, 6.45) is 4.06. The van der Waals surface area contributed by atoms with Crippen LogP contribution < -0.4 is 10.2 Å². The van der Waals surface area contributed by atoms with Crippen molar-refractivity contribution >= 4 is 47.1 Å². The number of carboxylic acid groups (broad SMARTS) is 1. The summed E-state index contributed by atoms with van der Waals surface area (Å²) in [7, 11) is 1.81. The maximum atomic E-state index is 13.4. The zero-order valence-electron chi connectivity index (χ0n) is 25.6. The number of rotatable bonds is 6. The number of nitrogens with zero attached hydrogens (tertiary/aromatic N) is 3. The van der Waals surface area contributed by atoms with Gasteiger partial charge in [-0.2, -0.15) is 0 Å². The van der Waals surface area contributed by atoms with Crippen LogP contribution in [0.4, 0.5) is 11.4 Å². The van der Waals surface area contributed by atoms with E-state index >= 15 is 0 Å². The van der Waals surface area contributed by atoms with Crippen molar-refractivity contribution in [2.45, 2.75) is 59.1 Å². The number of piperidine rings is 1. The highest BCUT2D eigenvalue weighted by molar-refractivity contribution is 7.14. The molecule has 0 radical (unpaired) electrons. The van der Waals surface area contributed by atoms with Crippen molar-refractivity contribution in [2.75, 3.05) is 37.0 Å². The first-order valence-corrected chi connectivity index (χ1v) is 15.1. The summed E-state index contributed by atoms with van der Waals surface area (Å²) in [6, 6.07) is 14.2. The van der Waals surface area contributed by atoms with E-state index in [4.69, 9.17) is 14.6 Å². The molecule has 2 aliphatic rings. The van der Waals surface area contributed by atoms with Gasteiger partial charge in [0, 0.05) is 38.1 Å². The van der Waals surface area contributed by atoms with E-state index in [1.54, 1.807) is 0 Å². The fourth-order valence-electron chi connectivity index (χ4n) is 5.38. The average Bonchev–Trinajstić information content (AvgIpc) is 3.41. The summed E-state index contributed by atoms with van der Waals surface area (Å²) in [5, 5.41) is 10.3. The fraction of sp³-hybridized carbons (Fsp3) is 0.394. The summed E-state index contributed by atoms with van der Waals surface area (Å²) in [6.45, 7) is 14.5. The SMILES string of the molecule is C=C(C)c1nc(C)c(C(=O)N2CCc3c(cccc3N3CCC(OC)CC3)C2C)s1.Cc1ccc(NC=O)cc1.O=CO. The zero-order valence-corrected chi connectivity index (χ0v) is 26.4. The summed E-state index contributed by atoms with van der Waals surface area (Å²) in [5.41, 5.74) is 7.73. The molecule has 3 heterocycles. The quantitative estimate of drug-likeness (QED) is 0.325. The van der Waals surface area contributed by atoms with Gasteiger partial charge in [0.05, 0.1) is 17.8 Å². The monoisotopic (exact) mass is 606 g/mol. The molecule has 2 aliphatic heterocycles. The van der Waals surface area contributed by atoms with Crippen molar-refractivity contribution in [1.82, 2.24) is 9.88 Å². The molecule has 5 rings (SSSR count). The van der Waals surface area contributed by atoms with Gasteiger partial charge in [0.25, 0.3) is 12.4 Å². The van der Waals surface area contributed by atoms with Gasteiger partial charge in [-0.25, -0.2) is 4.98 Å². The molecule has 0 saturated carbocycles. The van der Waals surface area contributed by atoms with E-state index in [1.807, 2.05) is 57.0 Å². The van der Waals surface area contributed by atoms with Gasteiger partial charge in [-0.15, -0.1) is 11.3 Å². The second-order valence-electron chi connectivity index (χ2n) is 10.6. The fourth-order valence-corrected chi connectivity index (χ4v) is 6.33. The summed E-state index contributed by atoms with van der Waals surface area (Å²) in [5.74, 6) is 0.0851. The summed E-state index contributed by atoms with van der Waals surface area (Å²) < 4.78 is 5.53. The number of fused-ring (bicyclic) bond motifs is 1. The number of hydrogen-bond acceptors (Lipinski definition) is 7. The lowest BCUT2D eigenvalue weighted by Crippen LogP contribution is -2.41. The number of amides is 2. The minimum atomic E-state index is -0.250. The average molecular weight is 607 g/mol. The van der Waals surface area contributed by atoms with Gasteiger partial charge in [0.2, 0.25) is 6.41 Å². The number of ether oxygens (including phenoxy) is 1. The molecule has 2 aromatic carbocycles. The summed E-state index contributed by atoms with van der Waals surface area (Å²) in [4.78, 5) is 41.5. The molecule has 0 spiro atoms. The lowest BCUT2D eigenvalue weighted by molar-refractivity contribution is -0.122. The van der Waals surface area contributed by atoms with Gasteiger partial charge in [0.15, 0.2) is 0 Å². The molecule has 230 valence electrons. The standard InChI is InChI=1S/C24H31N3O2S.C8H9NO.CH2O2/c1-15(2)23-25-16(3)22(30-23)24(28)27-14-11-20-19(17(27)4)7-6-8-21(20)26-12-9-18(29-5)10-13-26;1-7-2-4-8(5-3-7)9-6-10;2-1-3/h6-8,17-18H,1,9-14H2,2-5H3;2-6H,1H3,(H,9,10);1H,(H,2,3). The number of aryl methyl sites for hydroxylation is 2. The van der Waals surface area contributed by atoms with Crippen LogP contribution in [0.15, 0.2) is 49.0 Å². The predicted octanol–water partition coefficient (Wildman–Crippen LogP) is 6.12. The number of carbonyl (C=O) groups is 3. The Morgan fingerprint density at radius 1 is 1.12 bits per heavy atom. The van der Waals surface area contributed by atoms with Crippen LogP contribution in [0.3, 0.4) is 0 Å². The third kappa shape index (κ3) is 8.52. The van der Waals surface area contributed by atoms with Crippen LogP contribution in [0, 0.1) is 13.8 Å². The molecule has 1 saturated heterocycles. The maximum absolute atomic E-state index is 13.4. The van der Waals surface area contributed by atoms with Crippen molar-refractivity contribution in [3.8, 4) is 0 Å². The van der Waals surface area contributed by atoms with E-state index in [-0.39, 0.29) is 18.4 Å². The second-order valence-corrected chi connectivity index (χ2v) is 11.6. The third-order valence-corrected chi connectivity index (χ3v) is 9.03. The number of aromatic nitrogens is 1. The van der Waals surface area contributed by atoms with Gasteiger partial charge >= 0.3 is 0 Å². The number of thiazole rings is 1. The lowest BCUT2D eigenvalue weighted by atomic mass is 9.90. The molecule has 43 heavy (non-hydrogen) atoms. The molecule has 0 bridgehead atoms. The highest BCUT2D eigenvalue weighted by Crippen LogP contribution is 2.38. The highest BCUT2D eigenvalue weighted by Gasteiger charge is 2.32. The van der Waals surface area contributed by atoms with Crippen molar-refractivity contribution < 1.29 is 24.2 Å². The Balaban J connectivity index is 0.000000325. The molecule has 2 N–H and O–H groups in total. The first kappa shape index (κ1) is 33.5. The molecule has 1 atom stereocenters. The largest absolute Gasteiger partial charge is 0.483 e. The molecular formula is C33H42N4O5S. The number of anilines is 2. The summed E-state index contributed by atoms with van der Waals surface area (Å²) >= 11 is 1.46. The van der Waals surface area contributed by atoms with Gasteiger partial charge in [0.1, 0.15) is 9.88 Å².